The molecule has 0 aliphatic carbocycles. The van der Waals surface area contributed by atoms with E-state index in [0.29, 0.717) is 30.0 Å². The predicted octanol–water partition coefficient (Wildman–Crippen LogP) is 2.82. The lowest BCUT2D eigenvalue weighted by Gasteiger charge is -2.46. The van der Waals surface area contributed by atoms with E-state index >= 15 is 0 Å². The monoisotopic (exact) mass is 359 g/mol. The number of carbonyl (C=O) groups is 1. The molecule has 0 radical (unpaired) electrons. The molecule has 2 aliphatic rings. The van der Waals surface area contributed by atoms with Gasteiger partial charge in [-0.15, -0.1) is 0 Å². The van der Waals surface area contributed by atoms with E-state index in [-0.39, 0.29) is 11.5 Å². The van der Waals surface area contributed by atoms with Crippen molar-refractivity contribution < 1.29 is 18.7 Å². The molecule has 0 N–H and O–H groups in total. The molecule has 0 aromatic carbocycles. The lowest BCUT2D eigenvalue weighted by molar-refractivity contribution is -0.563. The second-order valence-electron chi connectivity index (χ2n) is 8.63. The van der Waals surface area contributed by atoms with Crippen molar-refractivity contribution in [3.05, 3.63) is 29.2 Å². The van der Waals surface area contributed by atoms with Crippen LogP contribution in [-0.4, -0.2) is 42.8 Å². The first kappa shape index (κ1) is 17.0. The van der Waals surface area contributed by atoms with Crippen molar-refractivity contribution in [2.24, 2.45) is 5.41 Å². The Morgan fingerprint density at radius 2 is 2.04 bits per heavy atom. The number of aromatic nitrogens is 1. The molecule has 0 atom stereocenters. The van der Waals surface area contributed by atoms with Crippen molar-refractivity contribution in [3.8, 4) is 0 Å². The smallest absolute Gasteiger partial charge is 0.410 e. The summed E-state index contributed by atoms with van der Waals surface area (Å²) >= 11 is 0. The molecule has 1 amide bonds. The summed E-state index contributed by atoms with van der Waals surface area (Å²) in [5, 5.41) is 12.8. The van der Waals surface area contributed by atoms with Crippen molar-refractivity contribution in [3.63, 3.8) is 0 Å². The standard InChI is InChI=1S/C19H25N3O4/c1-13-9-25-14-5-6-15(22(24)16(13)14)20-8-7-19(10-20)11-21(12-19)17(23)26-18(2,3)4/h5-6,9H,7-8,10-12H2,1-4H3. The summed E-state index contributed by atoms with van der Waals surface area (Å²) in [6, 6.07) is 3.67. The van der Waals surface area contributed by atoms with E-state index in [9.17, 15) is 10.0 Å². The van der Waals surface area contributed by atoms with Crippen LogP contribution in [0.3, 0.4) is 0 Å². The van der Waals surface area contributed by atoms with Gasteiger partial charge < -0.3 is 19.3 Å². The number of furan rings is 1. The summed E-state index contributed by atoms with van der Waals surface area (Å²) in [6.07, 6.45) is 2.32. The van der Waals surface area contributed by atoms with Crippen LogP contribution >= 0.6 is 0 Å². The maximum absolute atomic E-state index is 12.8. The number of carbonyl (C=O) groups excluding carboxylic acids is 1. The molecular weight excluding hydrogens is 334 g/mol. The minimum Gasteiger partial charge on any atom is -0.710 e. The van der Waals surface area contributed by atoms with Crippen LogP contribution in [0.25, 0.3) is 11.1 Å². The third kappa shape index (κ3) is 2.75. The van der Waals surface area contributed by atoms with Gasteiger partial charge in [0.1, 0.15) is 5.60 Å². The topological polar surface area (TPSA) is 72.9 Å². The number of anilines is 1. The van der Waals surface area contributed by atoms with Crippen LogP contribution < -0.4 is 9.63 Å². The molecule has 1 spiro atoms. The minimum atomic E-state index is -0.479. The van der Waals surface area contributed by atoms with Gasteiger partial charge in [-0.3, -0.25) is 4.90 Å². The fraction of sp³-hybridized carbons (Fsp3) is 0.579. The first-order valence-corrected chi connectivity index (χ1v) is 9.01. The molecule has 2 aromatic rings. The Hall–Kier alpha value is -2.44. The first-order chi connectivity index (χ1) is 12.2. The highest BCUT2D eigenvalue weighted by Crippen LogP contribution is 2.41. The zero-order valence-electron chi connectivity index (χ0n) is 15.7. The number of ether oxygens (including phenoxy) is 1. The number of likely N-dealkylation sites (tertiary alicyclic amines) is 1. The van der Waals surface area contributed by atoms with Gasteiger partial charge in [0, 0.05) is 30.1 Å². The minimum absolute atomic E-state index is 0.0598. The van der Waals surface area contributed by atoms with Crippen LogP contribution in [-0.2, 0) is 4.74 Å². The first-order valence-electron chi connectivity index (χ1n) is 9.01. The van der Waals surface area contributed by atoms with E-state index in [2.05, 4.69) is 4.90 Å². The van der Waals surface area contributed by atoms with Crippen LogP contribution in [0.5, 0.6) is 0 Å². The molecule has 7 nitrogen and oxygen atoms in total. The lowest BCUT2D eigenvalue weighted by Crippen LogP contribution is -2.60. The molecule has 2 fully saturated rings. The predicted molar refractivity (Wildman–Crippen MR) is 97.0 cm³/mol. The number of pyridine rings is 1. The third-order valence-corrected chi connectivity index (χ3v) is 5.23. The molecular formula is C19H25N3O4. The number of hydrogen-bond acceptors (Lipinski definition) is 5. The molecule has 4 heterocycles. The van der Waals surface area contributed by atoms with Gasteiger partial charge in [0.15, 0.2) is 11.1 Å². The zero-order valence-corrected chi connectivity index (χ0v) is 15.7. The van der Waals surface area contributed by atoms with Gasteiger partial charge in [-0.2, -0.15) is 0 Å². The number of fused-ring (bicyclic) bond motifs is 1. The van der Waals surface area contributed by atoms with Crippen molar-refractivity contribution >= 4 is 23.0 Å². The van der Waals surface area contributed by atoms with Gasteiger partial charge in [-0.25, -0.2) is 9.52 Å². The molecule has 7 heteroatoms. The fourth-order valence-corrected chi connectivity index (χ4v) is 4.01. The van der Waals surface area contributed by atoms with Crippen LogP contribution in [0.4, 0.5) is 10.6 Å². The summed E-state index contributed by atoms with van der Waals surface area (Å²) < 4.78 is 11.8. The Morgan fingerprint density at radius 3 is 2.73 bits per heavy atom. The Labute approximate surface area is 152 Å². The number of rotatable bonds is 1. The average molecular weight is 359 g/mol. The molecule has 0 bridgehead atoms. The van der Waals surface area contributed by atoms with Crippen LogP contribution in [0, 0.1) is 17.5 Å². The normalized spacial score (nSPS) is 19.2. The number of aryl methyl sites for hydroxylation is 1. The summed E-state index contributed by atoms with van der Waals surface area (Å²) in [7, 11) is 0. The second kappa shape index (κ2) is 5.53. The van der Waals surface area contributed by atoms with Crippen LogP contribution in [0.1, 0.15) is 32.8 Å². The van der Waals surface area contributed by atoms with Gasteiger partial charge in [0.05, 0.1) is 19.4 Å². The number of hydrogen-bond donors (Lipinski definition) is 0. The van der Waals surface area contributed by atoms with Crippen molar-refractivity contribution in [1.82, 2.24) is 4.90 Å². The van der Waals surface area contributed by atoms with E-state index < -0.39 is 5.60 Å². The number of nitrogens with zero attached hydrogens (tertiary/aromatic N) is 3. The average Bonchev–Trinajstić information content (AvgIpc) is 3.09. The Morgan fingerprint density at radius 1 is 1.31 bits per heavy atom. The molecule has 0 saturated carbocycles. The Balaban J connectivity index is 1.46. The molecule has 2 saturated heterocycles. The third-order valence-electron chi connectivity index (χ3n) is 5.23. The van der Waals surface area contributed by atoms with Gasteiger partial charge >= 0.3 is 6.09 Å². The summed E-state index contributed by atoms with van der Waals surface area (Å²) in [4.78, 5) is 16.0. The Kier molecular flexibility index (Phi) is 3.61. The molecule has 0 unspecified atom stereocenters. The summed E-state index contributed by atoms with van der Waals surface area (Å²) in [5.41, 5.74) is 1.62. The van der Waals surface area contributed by atoms with Crippen molar-refractivity contribution in [2.45, 2.75) is 39.7 Å². The highest BCUT2D eigenvalue weighted by Gasteiger charge is 2.53. The highest BCUT2D eigenvalue weighted by atomic mass is 16.6. The van der Waals surface area contributed by atoms with Crippen LogP contribution in [0.15, 0.2) is 22.8 Å². The molecule has 4 rings (SSSR count). The van der Waals surface area contributed by atoms with E-state index in [1.807, 2.05) is 39.8 Å². The molecule has 2 aliphatic heterocycles. The summed E-state index contributed by atoms with van der Waals surface area (Å²) in [6.45, 7) is 10.5. The molecule has 2 aromatic heterocycles. The maximum atomic E-state index is 12.8. The quantitative estimate of drug-likeness (QED) is 0.578. The Bertz CT molecular complexity index is 862. The fourth-order valence-electron chi connectivity index (χ4n) is 4.01. The van der Waals surface area contributed by atoms with Crippen molar-refractivity contribution in [1.29, 1.82) is 0 Å². The van der Waals surface area contributed by atoms with Crippen LogP contribution in [0.2, 0.25) is 0 Å². The largest absolute Gasteiger partial charge is 0.710 e. The SMILES string of the molecule is Cc1coc2ccc(N3CCC4(CN(C(=O)OC(C)(C)C)C4)C3)[n+]([O-])c12. The second-order valence-corrected chi connectivity index (χ2v) is 8.63. The highest BCUT2D eigenvalue weighted by molar-refractivity contribution is 5.74. The lowest BCUT2D eigenvalue weighted by atomic mass is 9.79. The molecule has 26 heavy (non-hydrogen) atoms. The summed E-state index contributed by atoms with van der Waals surface area (Å²) in [5.74, 6) is 0.648. The van der Waals surface area contributed by atoms with Crippen molar-refractivity contribution in [2.75, 3.05) is 31.1 Å². The zero-order chi connectivity index (χ0) is 18.7. The number of amides is 1. The van der Waals surface area contributed by atoms with Gasteiger partial charge in [-0.05, 0) is 40.2 Å². The van der Waals surface area contributed by atoms with Gasteiger partial charge in [-0.1, -0.05) is 0 Å². The van der Waals surface area contributed by atoms with Gasteiger partial charge in [0.2, 0.25) is 0 Å². The maximum Gasteiger partial charge on any atom is 0.410 e. The van der Waals surface area contributed by atoms with E-state index in [1.54, 1.807) is 11.2 Å². The van der Waals surface area contributed by atoms with E-state index in [1.165, 1.54) is 0 Å². The van der Waals surface area contributed by atoms with E-state index in [0.717, 1.165) is 29.8 Å². The molecule has 140 valence electrons. The van der Waals surface area contributed by atoms with Gasteiger partial charge in [0.25, 0.3) is 5.82 Å². The van der Waals surface area contributed by atoms with E-state index in [4.69, 9.17) is 9.15 Å².